The molecule has 1 heterocycles. The number of hydrogen-bond acceptors (Lipinski definition) is 3. The summed E-state index contributed by atoms with van der Waals surface area (Å²) < 4.78 is 13.5. The molecule has 0 saturated carbocycles. The molecule has 0 unspecified atom stereocenters. The molecule has 2 aromatic rings. The smallest absolute Gasteiger partial charge is 0.265 e. The van der Waals surface area contributed by atoms with Crippen molar-refractivity contribution in [3.63, 3.8) is 0 Å². The highest BCUT2D eigenvalue weighted by atomic mass is 19.1. The third-order valence-corrected chi connectivity index (χ3v) is 2.06. The normalized spacial score (nSPS) is 9.75. The van der Waals surface area contributed by atoms with E-state index >= 15 is 0 Å². The van der Waals surface area contributed by atoms with Gasteiger partial charge in [-0.05, 0) is 12.1 Å². The van der Waals surface area contributed by atoms with Gasteiger partial charge in [-0.2, -0.15) is 10.4 Å². The topological polar surface area (TPSA) is 69.5 Å². The summed E-state index contributed by atoms with van der Waals surface area (Å²) >= 11 is 0. The number of hydrogen-bond donors (Lipinski definition) is 1. The first-order chi connectivity index (χ1) is 7.72. The van der Waals surface area contributed by atoms with Crippen LogP contribution >= 0.6 is 0 Å². The molecular formula is C11H6FN3O. The summed E-state index contributed by atoms with van der Waals surface area (Å²) in [6.07, 6.45) is 0. The predicted octanol–water partition coefficient (Wildman–Crippen LogP) is 1.45. The Hall–Kier alpha value is -2.48. The van der Waals surface area contributed by atoms with Crippen LogP contribution in [0.1, 0.15) is 5.56 Å². The third-order valence-electron chi connectivity index (χ3n) is 2.06. The predicted molar refractivity (Wildman–Crippen MR) is 55.0 cm³/mol. The van der Waals surface area contributed by atoms with Crippen LogP contribution in [-0.2, 0) is 0 Å². The van der Waals surface area contributed by atoms with Crippen molar-refractivity contribution < 1.29 is 4.39 Å². The minimum atomic E-state index is -0.489. The maximum Gasteiger partial charge on any atom is 0.265 e. The lowest BCUT2D eigenvalue weighted by Gasteiger charge is -2.02. The van der Waals surface area contributed by atoms with E-state index < -0.39 is 11.4 Å². The van der Waals surface area contributed by atoms with Crippen molar-refractivity contribution in [1.82, 2.24) is 10.2 Å². The van der Waals surface area contributed by atoms with Gasteiger partial charge < -0.3 is 0 Å². The summed E-state index contributed by atoms with van der Waals surface area (Å²) in [5, 5.41) is 14.7. The molecule has 78 valence electrons. The van der Waals surface area contributed by atoms with E-state index in [9.17, 15) is 9.18 Å². The van der Waals surface area contributed by atoms with Crippen molar-refractivity contribution in [2.45, 2.75) is 0 Å². The fourth-order valence-electron chi connectivity index (χ4n) is 1.35. The molecular weight excluding hydrogens is 209 g/mol. The van der Waals surface area contributed by atoms with Crippen LogP contribution in [0.4, 0.5) is 4.39 Å². The lowest BCUT2D eigenvalue weighted by Crippen LogP contribution is -2.09. The van der Waals surface area contributed by atoms with Crippen molar-refractivity contribution >= 4 is 0 Å². The first-order valence-corrected chi connectivity index (χ1v) is 4.47. The second-order valence-corrected chi connectivity index (χ2v) is 3.09. The monoisotopic (exact) mass is 215 g/mol. The number of halogens is 1. The minimum Gasteiger partial charge on any atom is -0.268 e. The molecule has 1 aromatic heterocycles. The molecule has 4 nitrogen and oxygen atoms in total. The van der Waals surface area contributed by atoms with Crippen LogP contribution < -0.4 is 5.56 Å². The van der Waals surface area contributed by atoms with Gasteiger partial charge in [-0.1, -0.05) is 12.1 Å². The number of nitriles is 1. The summed E-state index contributed by atoms with van der Waals surface area (Å²) in [6.45, 7) is 0. The largest absolute Gasteiger partial charge is 0.268 e. The molecule has 0 atom stereocenters. The molecule has 0 spiro atoms. The first kappa shape index (κ1) is 10.1. The molecule has 0 bridgehead atoms. The maximum absolute atomic E-state index is 13.5. The lowest BCUT2D eigenvalue weighted by molar-refractivity contribution is 0.630. The van der Waals surface area contributed by atoms with Crippen molar-refractivity contribution in [2.24, 2.45) is 0 Å². The van der Waals surface area contributed by atoms with E-state index in [-0.39, 0.29) is 16.8 Å². The van der Waals surface area contributed by atoms with Crippen LogP contribution in [0.2, 0.25) is 0 Å². The summed E-state index contributed by atoms with van der Waals surface area (Å²) in [4.78, 5) is 11.0. The molecule has 0 aliphatic heterocycles. The van der Waals surface area contributed by atoms with Crippen LogP contribution in [-0.4, -0.2) is 10.2 Å². The SMILES string of the molecule is N#Cc1cc(=O)[nH]nc1-c1ccccc1F. The Morgan fingerprint density at radius 1 is 1.38 bits per heavy atom. The summed E-state index contributed by atoms with van der Waals surface area (Å²) in [5.74, 6) is -0.487. The highest BCUT2D eigenvalue weighted by molar-refractivity contribution is 5.66. The minimum absolute atomic E-state index is 0.0499. The molecule has 0 saturated heterocycles. The van der Waals surface area contributed by atoms with Gasteiger partial charge in [0.15, 0.2) is 0 Å². The van der Waals surface area contributed by atoms with Crippen LogP contribution in [0.5, 0.6) is 0 Å². The second kappa shape index (κ2) is 3.95. The van der Waals surface area contributed by atoms with Crippen molar-refractivity contribution in [2.75, 3.05) is 0 Å². The average Bonchev–Trinajstić information content (AvgIpc) is 2.30. The van der Waals surface area contributed by atoms with E-state index in [4.69, 9.17) is 5.26 Å². The van der Waals surface area contributed by atoms with E-state index in [1.165, 1.54) is 18.2 Å². The third kappa shape index (κ3) is 1.68. The van der Waals surface area contributed by atoms with Gasteiger partial charge in [0.2, 0.25) is 0 Å². The Balaban J connectivity index is 2.71. The molecule has 0 fully saturated rings. The van der Waals surface area contributed by atoms with Gasteiger partial charge in [-0.15, -0.1) is 0 Å². The highest BCUT2D eigenvalue weighted by Gasteiger charge is 2.11. The first-order valence-electron chi connectivity index (χ1n) is 4.47. The fraction of sp³-hybridized carbons (Fsp3) is 0. The Labute approximate surface area is 90.0 Å². The zero-order chi connectivity index (χ0) is 11.5. The van der Waals surface area contributed by atoms with E-state index in [1.54, 1.807) is 6.07 Å². The highest BCUT2D eigenvalue weighted by Crippen LogP contribution is 2.21. The molecule has 0 amide bonds. The van der Waals surface area contributed by atoms with Gasteiger partial charge in [0.05, 0.1) is 5.56 Å². The number of H-pyrrole nitrogens is 1. The quantitative estimate of drug-likeness (QED) is 0.782. The second-order valence-electron chi connectivity index (χ2n) is 3.09. The molecule has 16 heavy (non-hydrogen) atoms. The van der Waals surface area contributed by atoms with Crippen LogP contribution in [0.15, 0.2) is 35.1 Å². The van der Waals surface area contributed by atoms with E-state index in [0.717, 1.165) is 6.07 Å². The van der Waals surface area contributed by atoms with Crippen molar-refractivity contribution in [3.8, 4) is 17.3 Å². The number of aromatic nitrogens is 2. The fourth-order valence-corrected chi connectivity index (χ4v) is 1.35. The number of rotatable bonds is 1. The van der Waals surface area contributed by atoms with Gasteiger partial charge >= 0.3 is 0 Å². The van der Waals surface area contributed by atoms with Gasteiger partial charge in [-0.25, -0.2) is 9.49 Å². The number of nitrogens with one attached hydrogen (secondary N) is 1. The molecule has 0 radical (unpaired) electrons. The van der Waals surface area contributed by atoms with E-state index in [2.05, 4.69) is 10.2 Å². The average molecular weight is 215 g/mol. The lowest BCUT2D eigenvalue weighted by atomic mass is 10.1. The van der Waals surface area contributed by atoms with Gasteiger partial charge in [0, 0.05) is 11.6 Å². The zero-order valence-corrected chi connectivity index (χ0v) is 8.07. The Morgan fingerprint density at radius 3 is 2.81 bits per heavy atom. The van der Waals surface area contributed by atoms with Gasteiger partial charge in [0.25, 0.3) is 5.56 Å². The standard InChI is InChI=1S/C11H6FN3O/c12-9-4-2-1-3-8(9)11-7(6-13)5-10(16)14-15-11/h1-5H,(H,14,16). The Morgan fingerprint density at radius 2 is 2.12 bits per heavy atom. The van der Waals surface area contributed by atoms with Crippen molar-refractivity contribution in [3.05, 3.63) is 52.1 Å². The van der Waals surface area contributed by atoms with Gasteiger partial charge in [0.1, 0.15) is 17.6 Å². The summed E-state index contributed by atoms with van der Waals surface area (Å²) in [6, 6.07) is 8.84. The molecule has 0 aliphatic rings. The van der Waals surface area contributed by atoms with Crippen molar-refractivity contribution in [1.29, 1.82) is 5.26 Å². The van der Waals surface area contributed by atoms with Crippen LogP contribution in [0.25, 0.3) is 11.3 Å². The molecule has 5 heteroatoms. The Kier molecular flexibility index (Phi) is 2.48. The maximum atomic E-state index is 13.5. The number of benzene rings is 1. The molecule has 0 aliphatic carbocycles. The molecule has 1 N–H and O–H groups in total. The van der Waals surface area contributed by atoms with Crippen LogP contribution in [0.3, 0.4) is 0 Å². The summed E-state index contributed by atoms with van der Waals surface area (Å²) in [5.41, 5.74) is -0.110. The molecule has 2 rings (SSSR count). The van der Waals surface area contributed by atoms with E-state index in [0.29, 0.717) is 0 Å². The Bertz CT molecular complexity index is 628. The summed E-state index contributed by atoms with van der Waals surface area (Å²) in [7, 11) is 0. The van der Waals surface area contributed by atoms with Crippen LogP contribution in [0, 0.1) is 17.1 Å². The van der Waals surface area contributed by atoms with Gasteiger partial charge in [-0.3, -0.25) is 4.79 Å². The van der Waals surface area contributed by atoms with E-state index in [1.807, 2.05) is 6.07 Å². The number of aromatic amines is 1. The zero-order valence-electron chi connectivity index (χ0n) is 8.07. The number of nitrogens with zero attached hydrogens (tertiary/aromatic N) is 2. The molecule has 1 aromatic carbocycles.